The average Bonchev–Trinajstić information content (AvgIpc) is 3.21. The molecule has 2 aromatic rings. The Hall–Kier alpha value is -3.29. The summed E-state index contributed by atoms with van der Waals surface area (Å²) >= 11 is 0. The van der Waals surface area contributed by atoms with Crippen molar-refractivity contribution in [1.82, 2.24) is 29.8 Å². The van der Waals surface area contributed by atoms with Gasteiger partial charge in [-0.25, -0.2) is 14.5 Å². The van der Waals surface area contributed by atoms with Gasteiger partial charge < -0.3 is 5.11 Å². The Labute approximate surface area is 142 Å². The number of carbonyl (C=O) groups is 1. The number of hydrogen-bond donors (Lipinski definition) is 2. The molecule has 2 N–H and O–H groups in total. The molecule has 8 heteroatoms. The Morgan fingerprint density at radius 2 is 2.04 bits per heavy atom. The van der Waals surface area contributed by atoms with Crippen molar-refractivity contribution in [3.63, 3.8) is 0 Å². The number of aryl methyl sites for hydroxylation is 2. The fourth-order valence-corrected chi connectivity index (χ4v) is 2.78. The SMILES string of the molecule is Cc1ccc(-c2nc3c4cnnc-4nc(CCCC(=O)O)n3[nH]2)cc1. The zero-order valence-corrected chi connectivity index (χ0v) is 13.6. The van der Waals surface area contributed by atoms with E-state index >= 15 is 0 Å². The molecule has 3 heterocycles. The molecule has 4 rings (SSSR count). The van der Waals surface area contributed by atoms with Crippen LogP contribution in [0.2, 0.25) is 0 Å². The van der Waals surface area contributed by atoms with Gasteiger partial charge >= 0.3 is 5.97 Å². The quantitative estimate of drug-likeness (QED) is 0.579. The van der Waals surface area contributed by atoms with Crippen molar-refractivity contribution in [2.45, 2.75) is 26.2 Å². The predicted molar refractivity (Wildman–Crippen MR) is 90.3 cm³/mol. The van der Waals surface area contributed by atoms with Crippen LogP contribution in [0.3, 0.4) is 0 Å². The number of nitrogens with zero attached hydrogens (tertiary/aromatic N) is 5. The van der Waals surface area contributed by atoms with Crippen LogP contribution >= 0.6 is 0 Å². The van der Waals surface area contributed by atoms with Gasteiger partial charge in [-0.15, -0.1) is 5.10 Å². The van der Waals surface area contributed by atoms with Gasteiger partial charge in [-0.2, -0.15) is 5.10 Å². The number of carboxylic acids is 1. The predicted octanol–water partition coefficient (Wildman–Crippen LogP) is 2.33. The van der Waals surface area contributed by atoms with E-state index in [1.807, 2.05) is 31.2 Å². The molecule has 0 atom stereocenters. The van der Waals surface area contributed by atoms with Gasteiger partial charge in [0.1, 0.15) is 5.82 Å². The number of fused-ring (bicyclic) bond motifs is 3. The highest BCUT2D eigenvalue weighted by Crippen LogP contribution is 2.25. The molecular formula is C17H16N6O2. The van der Waals surface area contributed by atoms with Crippen LogP contribution in [0.15, 0.2) is 30.5 Å². The first-order valence-corrected chi connectivity index (χ1v) is 7.99. The first-order valence-electron chi connectivity index (χ1n) is 7.99. The molecule has 0 amide bonds. The number of benzene rings is 1. The minimum Gasteiger partial charge on any atom is -0.481 e. The van der Waals surface area contributed by atoms with Crippen molar-refractivity contribution >= 4 is 11.6 Å². The minimum absolute atomic E-state index is 0.0907. The molecule has 2 aliphatic heterocycles. The largest absolute Gasteiger partial charge is 0.481 e. The van der Waals surface area contributed by atoms with E-state index in [1.54, 1.807) is 10.7 Å². The van der Waals surface area contributed by atoms with Crippen molar-refractivity contribution < 1.29 is 9.90 Å². The third-order valence-corrected chi connectivity index (χ3v) is 4.08. The zero-order chi connectivity index (χ0) is 17.4. The van der Waals surface area contributed by atoms with Crippen LogP contribution in [-0.2, 0) is 11.2 Å². The average molecular weight is 336 g/mol. The second kappa shape index (κ2) is 5.97. The fourth-order valence-electron chi connectivity index (χ4n) is 2.78. The maximum Gasteiger partial charge on any atom is 0.303 e. The third-order valence-electron chi connectivity index (χ3n) is 4.08. The summed E-state index contributed by atoms with van der Waals surface area (Å²) in [7, 11) is 0. The Bertz CT molecular complexity index is 1020. The molecule has 0 fully saturated rings. The molecular weight excluding hydrogens is 320 g/mol. The summed E-state index contributed by atoms with van der Waals surface area (Å²) in [5.41, 5.74) is 3.59. The summed E-state index contributed by atoms with van der Waals surface area (Å²) in [5.74, 6) is 1.11. The van der Waals surface area contributed by atoms with Crippen LogP contribution < -0.4 is 0 Å². The Morgan fingerprint density at radius 1 is 1.24 bits per heavy atom. The lowest BCUT2D eigenvalue weighted by atomic mass is 10.1. The molecule has 0 radical (unpaired) electrons. The number of aromatic amines is 1. The van der Waals surface area contributed by atoms with Crippen LogP contribution in [0.5, 0.6) is 0 Å². The van der Waals surface area contributed by atoms with Gasteiger partial charge in [-0.3, -0.25) is 9.89 Å². The van der Waals surface area contributed by atoms with Crippen LogP contribution in [0.4, 0.5) is 0 Å². The van der Waals surface area contributed by atoms with Gasteiger partial charge in [0, 0.05) is 18.4 Å². The Balaban J connectivity index is 1.81. The molecule has 0 unspecified atom stereocenters. The van der Waals surface area contributed by atoms with Crippen molar-refractivity contribution in [2.24, 2.45) is 0 Å². The number of H-pyrrole nitrogens is 1. The lowest BCUT2D eigenvalue weighted by Gasteiger charge is -2.06. The van der Waals surface area contributed by atoms with E-state index in [2.05, 4.69) is 25.3 Å². The monoisotopic (exact) mass is 336 g/mol. The molecule has 0 aliphatic carbocycles. The molecule has 25 heavy (non-hydrogen) atoms. The van der Waals surface area contributed by atoms with Crippen LogP contribution in [0.25, 0.3) is 28.4 Å². The highest BCUT2D eigenvalue weighted by Gasteiger charge is 2.19. The summed E-state index contributed by atoms with van der Waals surface area (Å²) in [6.45, 7) is 2.03. The Kier molecular flexibility index (Phi) is 3.64. The summed E-state index contributed by atoms with van der Waals surface area (Å²) in [6, 6.07) is 8.06. The van der Waals surface area contributed by atoms with Crippen molar-refractivity contribution in [2.75, 3.05) is 0 Å². The molecule has 0 saturated heterocycles. The number of hydrogen-bond acceptors (Lipinski definition) is 5. The molecule has 0 saturated carbocycles. The molecule has 8 nitrogen and oxygen atoms in total. The van der Waals surface area contributed by atoms with Crippen molar-refractivity contribution in [3.05, 3.63) is 41.9 Å². The topological polar surface area (TPSA) is 109 Å². The lowest BCUT2D eigenvalue weighted by molar-refractivity contribution is -0.137. The van der Waals surface area contributed by atoms with Gasteiger partial charge in [-0.05, 0) is 13.3 Å². The van der Waals surface area contributed by atoms with E-state index in [0.717, 1.165) is 17.0 Å². The van der Waals surface area contributed by atoms with E-state index in [9.17, 15) is 4.79 Å². The summed E-state index contributed by atoms with van der Waals surface area (Å²) in [5, 5.41) is 20.1. The third kappa shape index (κ3) is 2.82. The van der Waals surface area contributed by atoms with Gasteiger partial charge in [0.05, 0.1) is 11.8 Å². The van der Waals surface area contributed by atoms with Gasteiger partial charge in [0.15, 0.2) is 17.3 Å². The van der Waals surface area contributed by atoms with E-state index in [0.29, 0.717) is 30.1 Å². The minimum atomic E-state index is -0.819. The summed E-state index contributed by atoms with van der Waals surface area (Å²) in [4.78, 5) is 20.0. The molecule has 0 bridgehead atoms. The van der Waals surface area contributed by atoms with Gasteiger partial charge in [-0.1, -0.05) is 29.8 Å². The number of nitrogens with one attached hydrogen (secondary N) is 1. The smallest absolute Gasteiger partial charge is 0.303 e. The standard InChI is InChI=1S/C17H16N6O2/c1-10-5-7-11(8-6-10)15-20-17-12-9-18-21-16(12)19-13(23(17)22-15)3-2-4-14(24)25/h5-9H,2-4H2,1H3,(H,20,22)(H,24,25). The number of aliphatic carboxylic acids is 1. The maximum atomic E-state index is 10.8. The summed E-state index contributed by atoms with van der Waals surface area (Å²) in [6.07, 6.45) is 2.72. The number of carboxylic acid groups (broad SMARTS) is 1. The molecule has 1 aromatic heterocycles. The van der Waals surface area contributed by atoms with Gasteiger partial charge in [0.25, 0.3) is 0 Å². The first kappa shape index (κ1) is 15.3. The van der Waals surface area contributed by atoms with E-state index in [4.69, 9.17) is 5.11 Å². The van der Waals surface area contributed by atoms with E-state index in [1.165, 1.54) is 5.56 Å². The van der Waals surface area contributed by atoms with E-state index < -0.39 is 5.97 Å². The van der Waals surface area contributed by atoms with Crippen LogP contribution in [-0.4, -0.2) is 40.9 Å². The van der Waals surface area contributed by atoms with Crippen LogP contribution in [0, 0.1) is 6.92 Å². The molecule has 0 spiro atoms. The van der Waals surface area contributed by atoms with E-state index in [-0.39, 0.29) is 6.42 Å². The van der Waals surface area contributed by atoms with Crippen LogP contribution in [0.1, 0.15) is 24.2 Å². The van der Waals surface area contributed by atoms with Crippen molar-refractivity contribution in [1.29, 1.82) is 0 Å². The summed E-state index contributed by atoms with van der Waals surface area (Å²) < 4.78 is 1.79. The lowest BCUT2D eigenvalue weighted by Crippen LogP contribution is -2.07. The molecule has 1 aromatic carbocycles. The zero-order valence-electron chi connectivity index (χ0n) is 13.6. The molecule has 126 valence electrons. The highest BCUT2D eigenvalue weighted by molar-refractivity contribution is 5.75. The van der Waals surface area contributed by atoms with Gasteiger partial charge in [0.2, 0.25) is 0 Å². The normalized spacial score (nSPS) is 11.4. The first-order chi connectivity index (χ1) is 12.1. The second-order valence-electron chi connectivity index (χ2n) is 5.95. The number of rotatable bonds is 5. The number of aromatic nitrogens is 6. The highest BCUT2D eigenvalue weighted by atomic mass is 16.4. The molecule has 2 aliphatic rings. The maximum absolute atomic E-state index is 10.8. The fraction of sp³-hybridized carbons (Fsp3) is 0.235. The van der Waals surface area contributed by atoms with Crippen molar-refractivity contribution in [3.8, 4) is 22.8 Å². The Morgan fingerprint density at radius 3 is 2.80 bits per heavy atom. The second-order valence-corrected chi connectivity index (χ2v) is 5.95.